The van der Waals surface area contributed by atoms with E-state index in [-0.39, 0.29) is 12.5 Å². The lowest BCUT2D eigenvalue weighted by Crippen LogP contribution is -2.44. The van der Waals surface area contributed by atoms with Gasteiger partial charge in [0, 0.05) is 27.8 Å². The molecule has 1 atom stereocenters. The van der Waals surface area contributed by atoms with E-state index in [1.165, 1.54) is 16.2 Å². The Bertz CT molecular complexity index is 906. The van der Waals surface area contributed by atoms with E-state index in [1.807, 2.05) is 60.8 Å². The summed E-state index contributed by atoms with van der Waals surface area (Å²) in [6.07, 6.45) is 0. The van der Waals surface area contributed by atoms with Gasteiger partial charge in [0.2, 0.25) is 0 Å². The van der Waals surface area contributed by atoms with Crippen molar-refractivity contribution in [1.82, 2.24) is 9.88 Å². The number of nitrogens with zero attached hydrogens (tertiary/aromatic N) is 2. The van der Waals surface area contributed by atoms with Crippen molar-refractivity contribution >= 4 is 17.2 Å². The van der Waals surface area contributed by atoms with Crippen molar-refractivity contribution < 1.29 is 9.90 Å². The Morgan fingerprint density at radius 2 is 1.83 bits per heavy atom. The average Bonchev–Trinajstić information content (AvgIpc) is 3.12. The Balaban J connectivity index is 1.86. The number of amides is 1. The first-order valence-electron chi connectivity index (χ1n) is 7.71. The van der Waals surface area contributed by atoms with Gasteiger partial charge in [-0.25, -0.2) is 4.98 Å². The maximum Gasteiger partial charge on any atom is 0.257 e. The van der Waals surface area contributed by atoms with E-state index in [2.05, 4.69) is 4.98 Å². The van der Waals surface area contributed by atoms with Crippen LogP contribution in [0.4, 0.5) is 0 Å². The fraction of sp³-hybridized carbons (Fsp3) is 0.158. The van der Waals surface area contributed by atoms with E-state index >= 15 is 0 Å². The summed E-state index contributed by atoms with van der Waals surface area (Å²) in [5.41, 5.74) is 1.28. The zero-order valence-electron chi connectivity index (χ0n) is 13.1. The van der Waals surface area contributed by atoms with Gasteiger partial charge in [-0.3, -0.25) is 9.69 Å². The van der Waals surface area contributed by atoms with Crippen LogP contribution in [0.3, 0.4) is 0 Å². The molecule has 1 aliphatic heterocycles. The number of thiazole rings is 1. The summed E-state index contributed by atoms with van der Waals surface area (Å²) in [5.74, 6) is -0.176. The molecule has 0 spiro atoms. The third-order valence-corrected chi connectivity index (χ3v) is 5.26. The number of rotatable bonds is 3. The van der Waals surface area contributed by atoms with E-state index in [9.17, 15) is 9.90 Å². The number of hydrogen-bond acceptors (Lipinski definition) is 4. The second kappa shape index (κ2) is 5.54. The first-order valence-corrected chi connectivity index (χ1v) is 8.59. The molecule has 3 aromatic rings. The quantitative estimate of drug-likeness (QED) is 0.798. The van der Waals surface area contributed by atoms with Gasteiger partial charge in [0.15, 0.2) is 5.72 Å². The molecule has 1 aliphatic rings. The van der Waals surface area contributed by atoms with Crippen molar-refractivity contribution in [1.29, 1.82) is 0 Å². The number of carbonyl (C=O) groups excluding carboxylic acids is 1. The summed E-state index contributed by atoms with van der Waals surface area (Å²) < 4.78 is 0. The molecule has 24 heavy (non-hydrogen) atoms. The Kier molecular flexibility index (Phi) is 3.48. The van der Waals surface area contributed by atoms with E-state index < -0.39 is 5.72 Å². The van der Waals surface area contributed by atoms with Gasteiger partial charge < -0.3 is 5.11 Å². The van der Waals surface area contributed by atoms with Crippen molar-refractivity contribution in [3.63, 3.8) is 0 Å². The van der Waals surface area contributed by atoms with Gasteiger partial charge >= 0.3 is 0 Å². The molecule has 0 bridgehead atoms. The zero-order chi connectivity index (χ0) is 16.7. The van der Waals surface area contributed by atoms with Crippen molar-refractivity contribution in [3.8, 4) is 0 Å². The molecular formula is C19H16N2O2S. The molecule has 4 rings (SSSR count). The van der Waals surface area contributed by atoms with Gasteiger partial charge in [-0.15, -0.1) is 11.3 Å². The summed E-state index contributed by atoms with van der Waals surface area (Å²) in [6, 6.07) is 16.5. The Morgan fingerprint density at radius 3 is 2.54 bits per heavy atom. The molecule has 120 valence electrons. The molecule has 0 saturated heterocycles. The first-order chi connectivity index (χ1) is 11.6. The van der Waals surface area contributed by atoms with Crippen LogP contribution in [0.1, 0.15) is 32.2 Å². The molecular weight excluding hydrogens is 320 g/mol. The minimum atomic E-state index is -1.48. The molecule has 0 fully saturated rings. The molecule has 4 nitrogen and oxygen atoms in total. The molecule has 0 saturated carbocycles. The van der Waals surface area contributed by atoms with Crippen molar-refractivity contribution in [2.45, 2.75) is 19.2 Å². The summed E-state index contributed by atoms with van der Waals surface area (Å²) in [7, 11) is 0. The SMILES string of the molecule is Cc1csc(CN2C(=O)c3ccccc3[C@]2(O)c2ccccc2)n1. The molecule has 1 aromatic heterocycles. The number of aryl methyl sites for hydroxylation is 1. The number of aromatic nitrogens is 1. The van der Waals surface area contributed by atoms with Crippen LogP contribution in [0, 0.1) is 6.92 Å². The number of carbonyl (C=O) groups is 1. The van der Waals surface area contributed by atoms with Crippen LogP contribution in [0.2, 0.25) is 0 Å². The highest BCUT2D eigenvalue weighted by molar-refractivity contribution is 7.09. The third-order valence-electron chi connectivity index (χ3n) is 4.31. The van der Waals surface area contributed by atoms with Crippen LogP contribution >= 0.6 is 11.3 Å². The van der Waals surface area contributed by atoms with E-state index in [1.54, 1.807) is 6.07 Å². The first kappa shape index (κ1) is 15.1. The Labute approximate surface area is 144 Å². The second-order valence-corrected chi connectivity index (χ2v) is 6.80. The van der Waals surface area contributed by atoms with Crippen LogP contribution in [0.25, 0.3) is 0 Å². The number of aliphatic hydroxyl groups is 1. The summed E-state index contributed by atoms with van der Waals surface area (Å²) >= 11 is 1.50. The predicted molar refractivity (Wildman–Crippen MR) is 92.6 cm³/mol. The van der Waals surface area contributed by atoms with Gasteiger partial charge in [-0.1, -0.05) is 48.5 Å². The van der Waals surface area contributed by atoms with Crippen LogP contribution in [0.5, 0.6) is 0 Å². The van der Waals surface area contributed by atoms with Crippen LogP contribution < -0.4 is 0 Å². The second-order valence-electron chi connectivity index (χ2n) is 5.86. The van der Waals surface area contributed by atoms with Crippen LogP contribution in [-0.4, -0.2) is 20.9 Å². The number of hydrogen-bond donors (Lipinski definition) is 1. The van der Waals surface area contributed by atoms with Gasteiger partial charge in [-0.2, -0.15) is 0 Å². The Morgan fingerprint density at radius 1 is 1.12 bits per heavy atom. The van der Waals surface area contributed by atoms with E-state index in [0.717, 1.165) is 10.7 Å². The zero-order valence-corrected chi connectivity index (χ0v) is 14.0. The van der Waals surface area contributed by atoms with Crippen molar-refractivity contribution in [3.05, 3.63) is 87.4 Å². The standard InChI is InChI=1S/C19H16N2O2S/c1-13-12-24-17(20-13)11-21-18(22)15-9-5-6-10-16(15)19(21,23)14-7-3-2-4-8-14/h2-10,12,23H,11H2,1H3/t19-/m1/s1. The van der Waals surface area contributed by atoms with Gasteiger partial charge in [0.1, 0.15) is 5.01 Å². The van der Waals surface area contributed by atoms with Gasteiger partial charge in [0.25, 0.3) is 5.91 Å². The monoisotopic (exact) mass is 336 g/mol. The molecule has 1 amide bonds. The highest BCUT2D eigenvalue weighted by Crippen LogP contribution is 2.43. The van der Waals surface area contributed by atoms with E-state index in [4.69, 9.17) is 0 Å². The lowest BCUT2D eigenvalue weighted by molar-refractivity contribution is -0.0543. The fourth-order valence-corrected chi connectivity index (χ4v) is 3.95. The average molecular weight is 336 g/mol. The molecule has 2 aromatic carbocycles. The minimum absolute atomic E-state index is 0.176. The number of fused-ring (bicyclic) bond motifs is 1. The largest absolute Gasteiger partial charge is 0.363 e. The highest BCUT2D eigenvalue weighted by Gasteiger charge is 2.49. The van der Waals surface area contributed by atoms with Crippen LogP contribution in [0.15, 0.2) is 60.0 Å². The lowest BCUT2D eigenvalue weighted by Gasteiger charge is -2.34. The molecule has 0 aliphatic carbocycles. The van der Waals surface area contributed by atoms with Gasteiger partial charge in [-0.05, 0) is 13.0 Å². The summed E-state index contributed by atoms with van der Waals surface area (Å²) in [5, 5.41) is 14.4. The maximum atomic E-state index is 12.9. The summed E-state index contributed by atoms with van der Waals surface area (Å²) in [4.78, 5) is 18.9. The molecule has 0 unspecified atom stereocenters. The molecule has 2 heterocycles. The minimum Gasteiger partial charge on any atom is -0.363 e. The van der Waals surface area contributed by atoms with Crippen LogP contribution in [-0.2, 0) is 12.3 Å². The van der Waals surface area contributed by atoms with Crippen molar-refractivity contribution in [2.24, 2.45) is 0 Å². The lowest BCUT2D eigenvalue weighted by atomic mass is 9.94. The predicted octanol–water partition coefficient (Wildman–Crippen LogP) is 3.30. The van der Waals surface area contributed by atoms with Gasteiger partial charge in [0.05, 0.1) is 6.54 Å². The topological polar surface area (TPSA) is 53.4 Å². The normalized spacial score (nSPS) is 19.6. The fourth-order valence-electron chi connectivity index (χ4n) is 3.19. The summed E-state index contributed by atoms with van der Waals surface area (Å²) in [6.45, 7) is 2.20. The maximum absolute atomic E-state index is 12.9. The molecule has 0 radical (unpaired) electrons. The van der Waals surface area contributed by atoms with Crippen molar-refractivity contribution in [2.75, 3.05) is 0 Å². The van der Waals surface area contributed by atoms with E-state index in [0.29, 0.717) is 16.7 Å². The molecule has 5 heteroatoms. The molecule has 1 N–H and O–H groups in total. The third kappa shape index (κ3) is 2.17. The smallest absolute Gasteiger partial charge is 0.257 e. The highest BCUT2D eigenvalue weighted by atomic mass is 32.1. The number of benzene rings is 2. The Hall–Kier alpha value is -2.50.